The van der Waals surface area contributed by atoms with Crippen LogP contribution in [-0.2, 0) is 4.74 Å². The molecule has 0 atom stereocenters. The molecule has 0 radical (unpaired) electrons. The van der Waals surface area contributed by atoms with Gasteiger partial charge in [-0.05, 0) is 34.1 Å². The van der Waals surface area contributed by atoms with Crippen molar-refractivity contribution in [2.75, 3.05) is 30.9 Å². The van der Waals surface area contributed by atoms with E-state index in [0.717, 1.165) is 4.47 Å². The Balaban J connectivity index is 2.05. The standard InChI is InChI=1S/C14H15BrN4O2/c1-21-9-8-17-14-16-7-6-12(19-14)13(20)18-11-5-3-2-4-10(11)15/h2-7H,8-9H2,1H3,(H,18,20)(H,16,17,19). The number of rotatable bonds is 6. The van der Waals surface area contributed by atoms with Gasteiger partial charge in [0, 0.05) is 24.3 Å². The summed E-state index contributed by atoms with van der Waals surface area (Å²) in [4.78, 5) is 20.4. The summed E-state index contributed by atoms with van der Waals surface area (Å²) in [6.07, 6.45) is 1.54. The van der Waals surface area contributed by atoms with E-state index in [1.165, 1.54) is 6.20 Å². The van der Waals surface area contributed by atoms with E-state index in [0.29, 0.717) is 30.5 Å². The normalized spacial score (nSPS) is 10.2. The molecule has 1 heterocycles. The zero-order valence-electron chi connectivity index (χ0n) is 11.5. The molecule has 6 nitrogen and oxygen atoms in total. The Kier molecular flexibility index (Phi) is 5.65. The molecule has 2 aromatic rings. The molecule has 0 fully saturated rings. The van der Waals surface area contributed by atoms with Gasteiger partial charge in [0.05, 0.1) is 12.3 Å². The van der Waals surface area contributed by atoms with Gasteiger partial charge in [-0.2, -0.15) is 0 Å². The predicted octanol–water partition coefficient (Wildman–Crippen LogP) is 2.55. The summed E-state index contributed by atoms with van der Waals surface area (Å²) >= 11 is 3.38. The highest BCUT2D eigenvalue weighted by atomic mass is 79.9. The zero-order chi connectivity index (χ0) is 15.1. The number of halogens is 1. The van der Waals surface area contributed by atoms with Crippen LogP contribution in [0.1, 0.15) is 10.5 Å². The van der Waals surface area contributed by atoms with Gasteiger partial charge in [-0.25, -0.2) is 9.97 Å². The van der Waals surface area contributed by atoms with Crippen molar-refractivity contribution < 1.29 is 9.53 Å². The smallest absolute Gasteiger partial charge is 0.274 e. The molecule has 7 heteroatoms. The molecule has 21 heavy (non-hydrogen) atoms. The Bertz CT molecular complexity index is 621. The van der Waals surface area contributed by atoms with Gasteiger partial charge in [-0.15, -0.1) is 0 Å². The summed E-state index contributed by atoms with van der Waals surface area (Å²) in [5.41, 5.74) is 0.982. The first-order valence-electron chi connectivity index (χ1n) is 6.32. The highest BCUT2D eigenvalue weighted by Crippen LogP contribution is 2.21. The van der Waals surface area contributed by atoms with Crippen molar-refractivity contribution in [1.29, 1.82) is 0 Å². The van der Waals surface area contributed by atoms with Crippen LogP contribution in [0.2, 0.25) is 0 Å². The minimum Gasteiger partial charge on any atom is -0.383 e. The molecule has 0 bridgehead atoms. The van der Waals surface area contributed by atoms with E-state index in [1.807, 2.05) is 18.2 Å². The van der Waals surface area contributed by atoms with Crippen LogP contribution in [0.15, 0.2) is 41.0 Å². The van der Waals surface area contributed by atoms with Gasteiger partial charge in [0.1, 0.15) is 5.69 Å². The van der Waals surface area contributed by atoms with Crippen molar-refractivity contribution in [3.63, 3.8) is 0 Å². The van der Waals surface area contributed by atoms with Gasteiger partial charge in [0.15, 0.2) is 0 Å². The molecule has 1 aromatic heterocycles. The number of ether oxygens (including phenoxy) is 1. The van der Waals surface area contributed by atoms with Gasteiger partial charge in [0.25, 0.3) is 5.91 Å². The number of carbonyl (C=O) groups is 1. The summed E-state index contributed by atoms with van der Waals surface area (Å²) < 4.78 is 5.74. The van der Waals surface area contributed by atoms with Crippen molar-refractivity contribution in [1.82, 2.24) is 9.97 Å². The molecule has 0 unspecified atom stereocenters. The molecule has 0 aliphatic heterocycles. The van der Waals surface area contributed by atoms with E-state index < -0.39 is 0 Å². The number of methoxy groups -OCH3 is 1. The molecule has 110 valence electrons. The topological polar surface area (TPSA) is 76.1 Å². The third kappa shape index (κ3) is 4.51. The van der Waals surface area contributed by atoms with Crippen molar-refractivity contribution in [2.24, 2.45) is 0 Å². The minimum atomic E-state index is -0.293. The van der Waals surface area contributed by atoms with E-state index in [-0.39, 0.29) is 5.91 Å². The maximum Gasteiger partial charge on any atom is 0.274 e. The SMILES string of the molecule is COCCNc1nccc(C(=O)Nc2ccccc2Br)n1. The number of para-hydroxylation sites is 1. The first-order chi connectivity index (χ1) is 10.2. The van der Waals surface area contributed by atoms with Crippen LogP contribution in [0.25, 0.3) is 0 Å². The second kappa shape index (κ2) is 7.70. The summed E-state index contributed by atoms with van der Waals surface area (Å²) in [6, 6.07) is 8.95. The van der Waals surface area contributed by atoms with Crippen molar-refractivity contribution >= 4 is 33.5 Å². The van der Waals surface area contributed by atoms with E-state index in [1.54, 1.807) is 19.2 Å². The van der Waals surface area contributed by atoms with Crippen LogP contribution in [0.3, 0.4) is 0 Å². The molecule has 0 aliphatic carbocycles. The zero-order valence-corrected chi connectivity index (χ0v) is 13.1. The fraction of sp³-hybridized carbons (Fsp3) is 0.214. The maximum absolute atomic E-state index is 12.2. The molecular weight excluding hydrogens is 336 g/mol. The van der Waals surface area contributed by atoms with Crippen LogP contribution in [-0.4, -0.2) is 36.1 Å². The lowest BCUT2D eigenvalue weighted by Crippen LogP contribution is -2.16. The second-order valence-electron chi connectivity index (χ2n) is 4.12. The Morgan fingerprint density at radius 2 is 2.14 bits per heavy atom. The molecule has 0 saturated heterocycles. The summed E-state index contributed by atoms with van der Waals surface area (Å²) in [6.45, 7) is 1.11. The number of hydrogen-bond acceptors (Lipinski definition) is 5. The number of nitrogens with one attached hydrogen (secondary N) is 2. The van der Waals surface area contributed by atoms with Crippen molar-refractivity contribution in [3.05, 3.63) is 46.7 Å². The number of amides is 1. The lowest BCUT2D eigenvalue weighted by molar-refractivity contribution is 0.102. The van der Waals surface area contributed by atoms with Crippen LogP contribution in [0.5, 0.6) is 0 Å². The third-order valence-corrected chi connectivity index (χ3v) is 3.29. The Hall–Kier alpha value is -1.99. The molecular formula is C14H15BrN4O2. The fourth-order valence-electron chi connectivity index (χ4n) is 1.58. The first-order valence-corrected chi connectivity index (χ1v) is 7.11. The molecule has 1 aromatic carbocycles. The molecule has 2 rings (SSSR count). The Morgan fingerprint density at radius 1 is 1.33 bits per heavy atom. The number of hydrogen-bond donors (Lipinski definition) is 2. The number of nitrogens with zero attached hydrogens (tertiary/aromatic N) is 2. The monoisotopic (exact) mass is 350 g/mol. The van der Waals surface area contributed by atoms with E-state index >= 15 is 0 Å². The molecule has 0 spiro atoms. The largest absolute Gasteiger partial charge is 0.383 e. The molecule has 0 aliphatic rings. The van der Waals surface area contributed by atoms with Gasteiger partial charge in [0.2, 0.25) is 5.95 Å². The van der Waals surface area contributed by atoms with Gasteiger partial charge < -0.3 is 15.4 Å². The highest BCUT2D eigenvalue weighted by molar-refractivity contribution is 9.10. The quantitative estimate of drug-likeness (QED) is 0.783. The molecule has 2 N–H and O–H groups in total. The number of benzene rings is 1. The van der Waals surface area contributed by atoms with Gasteiger partial charge in [-0.3, -0.25) is 4.79 Å². The Morgan fingerprint density at radius 3 is 2.90 bits per heavy atom. The summed E-state index contributed by atoms with van der Waals surface area (Å²) in [5, 5.41) is 5.77. The average Bonchev–Trinajstić information content (AvgIpc) is 2.50. The molecule has 0 saturated carbocycles. The van der Waals surface area contributed by atoms with Gasteiger partial charge in [-0.1, -0.05) is 12.1 Å². The number of anilines is 2. The second-order valence-corrected chi connectivity index (χ2v) is 4.97. The summed E-state index contributed by atoms with van der Waals surface area (Å²) in [7, 11) is 1.62. The highest BCUT2D eigenvalue weighted by Gasteiger charge is 2.10. The van der Waals surface area contributed by atoms with Crippen molar-refractivity contribution in [2.45, 2.75) is 0 Å². The summed E-state index contributed by atoms with van der Waals surface area (Å²) in [5.74, 6) is 0.103. The van der Waals surface area contributed by atoms with Crippen LogP contribution in [0, 0.1) is 0 Å². The fourth-order valence-corrected chi connectivity index (χ4v) is 1.97. The maximum atomic E-state index is 12.2. The van der Waals surface area contributed by atoms with Gasteiger partial charge >= 0.3 is 0 Å². The lowest BCUT2D eigenvalue weighted by Gasteiger charge is -2.08. The Labute approximate surface area is 131 Å². The van der Waals surface area contributed by atoms with Crippen LogP contribution < -0.4 is 10.6 Å². The number of carbonyl (C=O) groups excluding carboxylic acids is 1. The van der Waals surface area contributed by atoms with E-state index in [9.17, 15) is 4.79 Å². The average molecular weight is 351 g/mol. The van der Waals surface area contributed by atoms with Crippen molar-refractivity contribution in [3.8, 4) is 0 Å². The van der Waals surface area contributed by atoms with Crippen LogP contribution in [0.4, 0.5) is 11.6 Å². The molecule has 1 amide bonds. The third-order valence-electron chi connectivity index (χ3n) is 2.60. The number of aromatic nitrogens is 2. The minimum absolute atomic E-state index is 0.292. The first kappa shape index (κ1) is 15.4. The lowest BCUT2D eigenvalue weighted by atomic mass is 10.3. The predicted molar refractivity (Wildman–Crippen MR) is 84.5 cm³/mol. The van der Waals surface area contributed by atoms with E-state index in [2.05, 4.69) is 36.5 Å². The van der Waals surface area contributed by atoms with Crippen LogP contribution >= 0.6 is 15.9 Å². The van der Waals surface area contributed by atoms with E-state index in [4.69, 9.17) is 4.74 Å².